The highest BCUT2D eigenvalue weighted by Crippen LogP contribution is 2.58. The number of nitrogens with zero attached hydrogens (tertiary/aromatic N) is 1. The van der Waals surface area contributed by atoms with Crippen LogP contribution >= 0.6 is 0 Å². The number of benzene rings is 11. The number of hydrogen-bond acceptors (Lipinski definition) is 2. The van der Waals surface area contributed by atoms with Gasteiger partial charge >= 0.3 is 0 Å². The monoisotopic (exact) mass is 879 g/mol. The number of furan rings is 1. The van der Waals surface area contributed by atoms with Crippen molar-refractivity contribution < 1.29 is 4.42 Å². The van der Waals surface area contributed by atoms with Crippen LogP contribution in [-0.4, -0.2) is 0 Å². The molecular weight excluding hydrogens is 835 g/mol. The Bertz CT molecular complexity index is 3790. The van der Waals surface area contributed by atoms with Gasteiger partial charge in [0.2, 0.25) is 0 Å². The quantitative estimate of drug-likeness (QED) is 0.144. The minimum Gasteiger partial charge on any atom is -0.455 e. The van der Waals surface area contributed by atoms with E-state index >= 15 is 0 Å². The minimum absolute atomic E-state index is 0.496. The van der Waals surface area contributed by atoms with Crippen molar-refractivity contribution in [2.45, 2.75) is 5.41 Å². The molecule has 0 aliphatic heterocycles. The summed E-state index contributed by atoms with van der Waals surface area (Å²) in [5.74, 6) is 0. The van der Waals surface area contributed by atoms with Crippen LogP contribution in [0, 0.1) is 0 Å². The Morgan fingerprint density at radius 2 is 0.783 bits per heavy atom. The van der Waals surface area contributed by atoms with Crippen LogP contribution in [0.1, 0.15) is 22.3 Å². The fourth-order valence-corrected chi connectivity index (χ4v) is 11.1. The summed E-state index contributed by atoms with van der Waals surface area (Å²) in [4.78, 5) is 2.43. The Morgan fingerprint density at radius 3 is 1.52 bits per heavy atom. The molecule has 324 valence electrons. The summed E-state index contributed by atoms with van der Waals surface area (Å²) in [6.07, 6.45) is 0. The second kappa shape index (κ2) is 16.7. The van der Waals surface area contributed by atoms with Crippen molar-refractivity contribution >= 4 is 39.0 Å². The Morgan fingerprint density at radius 1 is 0.304 bits per heavy atom. The van der Waals surface area contributed by atoms with E-state index in [1.54, 1.807) is 0 Å². The lowest BCUT2D eigenvalue weighted by molar-refractivity contribution is 0.670. The average molecular weight is 880 g/mol. The van der Waals surface area contributed by atoms with Crippen LogP contribution in [-0.2, 0) is 5.41 Å². The topological polar surface area (TPSA) is 16.4 Å². The molecule has 0 saturated heterocycles. The van der Waals surface area contributed by atoms with Gasteiger partial charge in [0.15, 0.2) is 0 Å². The summed E-state index contributed by atoms with van der Waals surface area (Å²) in [5.41, 5.74) is 21.2. The molecule has 0 fully saturated rings. The Balaban J connectivity index is 1.01. The molecule has 2 heteroatoms. The van der Waals surface area contributed by atoms with E-state index in [4.69, 9.17) is 4.42 Å². The van der Waals surface area contributed by atoms with Crippen molar-refractivity contribution in [3.63, 3.8) is 0 Å². The van der Waals surface area contributed by atoms with Crippen LogP contribution in [0.25, 0.3) is 77.6 Å². The predicted molar refractivity (Wildman–Crippen MR) is 287 cm³/mol. The van der Waals surface area contributed by atoms with Crippen molar-refractivity contribution in [3.8, 4) is 55.6 Å². The van der Waals surface area contributed by atoms with E-state index in [2.05, 4.69) is 272 Å². The first-order valence-corrected chi connectivity index (χ1v) is 23.7. The standard InChI is InChI=1S/C67H45NO/c1-4-20-46(21-5-1)47-40-42-48(43-41-47)49-22-16-28-53(44-49)68(63-38-14-11-30-56(63)58-34-18-35-59-57-31-12-15-39-64(57)69-66(58)59)54-29-17-23-50(45-54)55-33-19-37-62-65(55)60-32-10-13-36-61(60)67(62,51-24-6-2-7-25-51)52-26-8-3-9-27-52/h1-45H. The van der Waals surface area contributed by atoms with Crippen molar-refractivity contribution in [2.75, 3.05) is 4.90 Å². The van der Waals surface area contributed by atoms with E-state index in [-0.39, 0.29) is 0 Å². The van der Waals surface area contributed by atoms with Gasteiger partial charge in [-0.15, -0.1) is 0 Å². The van der Waals surface area contributed by atoms with Gasteiger partial charge in [0.25, 0.3) is 0 Å². The SMILES string of the molecule is c1ccc(-c2ccc(-c3cccc(N(c4cccc(-c5cccc6c5-c5ccccc5C6(c5ccccc5)c5ccccc5)c4)c4ccccc4-c4cccc5c4oc4ccccc45)c3)cc2)cc1. The van der Waals surface area contributed by atoms with Crippen LogP contribution in [0.5, 0.6) is 0 Å². The molecule has 13 rings (SSSR count). The summed E-state index contributed by atoms with van der Waals surface area (Å²) in [5, 5.41) is 2.22. The smallest absolute Gasteiger partial charge is 0.143 e. The number of para-hydroxylation sites is 3. The lowest BCUT2D eigenvalue weighted by Crippen LogP contribution is -2.28. The maximum atomic E-state index is 6.71. The van der Waals surface area contributed by atoms with Crippen LogP contribution in [0.2, 0.25) is 0 Å². The molecule has 1 aromatic heterocycles. The van der Waals surface area contributed by atoms with Gasteiger partial charge in [-0.2, -0.15) is 0 Å². The molecule has 1 heterocycles. The van der Waals surface area contributed by atoms with Gasteiger partial charge in [-0.3, -0.25) is 0 Å². The molecule has 12 aromatic rings. The highest BCUT2D eigenvalue weighted by Gasteiger charge is 2.46. The highest BCUT2D eigenvalue weighted by molar-refractivity contribution is 6.11. The Labute approximate surface area is 402 Å². The second-order valence-electron chi connectivity index (χ2n) is 17.9. The largest absolute Gasteiger partial charge is 0.455 e. The van der Waals surface area contributed by atoms with Crippen LogP contribution in [0.4, 0.5) is 17.1 Å². The van der Waals surface area contributed by atoms with Crippen molar-refractivity contribution in [3.05, 3.63) is 295 Å². The third-order valence-corrected chi connectivity index (χ3v) is 14.2. The number of fused-ring (bicyclic) bond motifs is 6. The van der Waals surface area contributed by atoms with Gasteiger partial charge in [0.05, 0.1) is 11.1 Å². The molecule has 0 radical (unpaired) electrons. The van der Waals surface area contributed by atoms with Gasteiger partial charge in [-0.25, -0.2) is 0 Å². The third kappa shape index (κ3) is 6.64. The van der Waals surface area contributed by atoms with Gasteiger partial charge < -0.3 is 9.32 Å². The minimum atomic E-state index is -0.496. The summed E-state index contributed by atoms with van der Waals surface area (Å²) < 4.78 is 6.71. The molecule has 2 nitrogen and oxygen atoms in total. The molecule has 0 N–H and O–H groups in total. The number of rotatable bonds is 9. The third-order valence-electron chi connectivity index (χ3n) is 14.2. The predicted octanol–water partition coefficient (Wildman–Crippen LogP) is 18.1. The summed E-state index contributed by atoms with van der Waals surface area (Å²) >= 11 is 0. The molecule has 0 unspecified atom stereocenters. The normalized spacial score (nSPS) is 12.5. The Kier molecular flexibility index (Phi) is 9.77. The fraction of sp³-hybridized carbons (Fsp3) is 0.0149. The first-order valence-electron chi connectivity index (χ1n) is 23.7. The fourth-order valence-electron chi connectivity index (χ4n) is 11.1. The molecule has 0 spiro atoms. The zero-order valence-electron chi connectivity index (χ0n) is 37.8. The van der Waals surface area contributed by atoms with Crippen LogP contribution < -0.4 is 4.90 Å². The van der Waals surface area contributed by atoms with E-state index in [9.17, 15) is 0 Å². The van der Waals surface area contributed by atoms with Gasteiger partial charge in [-0.05, 0) is 103 Å². The van der Waals surface area contributed by atoms with Crippen molar-refractivity contribution in [1.29, 1.82) is 0 Å². The molecule has 0 amide bonds. The molecule has 0 bridgehead atoms. The molecule has 11 aromatic carbocycles. The average Bonchev–Trinajstić information content (AvgIpc) is 3.97. The molecular formula is C67H45NO. The van der Waals surface area contributed by atoms with Crippen molar-refractivity contribution in [2.24, 2.45) is 0 Å². The molecule has 69 heavy (non-hydrogen) atoms. The zero-order chi connectivity index (χ0) is 45.7. The highest BCUT2D eigenvalue weighted by atomic mass is 16.3. The summed E-state index contributed by atoms with van der Waals surface area (Å²) in [6.45, 7) is 0. The molecule has 0 saturated carbocycles. The van der Waals surface area contributed by atoms with E-state index in [1.807, 2.05) is 6.07 Å². The lowest BCUT2D eigenvalue weighted by Gasteiger charge is -2.34. The van der Waals surface area contributed by atoms with Crippen LogP contribution in [0.15, 0.2) is 277 Å². The number of hydrogen-bond donors (Lipinski definition) is 0. The number of anilines is 3. The van der Waals surface area contributed by atoms with E-state index in [0.717, 1.165) is 66.8 Å². The Hall–Kier alpha value is -8.98. The maximum Gasteiger partial charge on any atom is 0.143 e. The van der Waals surface area contributed by atoms with Gasteiger partial charge in [0.1, 0.15) is 11.2 Å². The molecule has 0 atom stereocenters. The van der Waals surface area contributed by atoms with Gasteiger partial charge in [0, 0.05) is 33.3 Å². The van der Waals surface area contributed by atoms with E-state index < -0.39 is 5.41 Å². The summed E-state index contributed by atoms with van der Waals surface area (Å²) in [6, 6.07) is 99.2. The van der Waals surface area contributed by atoms with Crippen LogP contribution in [0.3, 0.4) is 0 Å². The molecule has 1 aliphatic carbocycles. The zero-order valence-corrected chi connectivity index (χ0v) is 37.8. The lowest BCUT2D eigenvalue weighted by atomic mass is 9.67. The van der Waals surface area contributed by atoms with E-state index in [0.29, 0.717) is 0 Å². The molecule has 1 aliphatic rings. The summed E-state index contributed by atoms with van der Waals surface area (Å²) in [7, 11) is 0. The second-order valence-corrected chi connectivity index (χ2v) is 17.9. The van der Waals surface area contributed by atoms with Crippen molar-refractivity contribution in [1.82, 2.24) is 0 Å². The van der Waals surface area contributed by atoms with Gasteiger partial charge in [-0.1, -0.05) is 237 Å². The maximum absolute atomic E-state index is 6.71. The first kappa shape index (κ1) is 40.3. The van der Waals surface area contributed by atoms with E-state index in [1.165, 1.54) is 50.1 Å². The first-order chi connectivity index (χ1) is 34.2.